The zero-order valence-electron chi connectivity index (χ0n) is 12.2. The van der Waals surface area contributed by atoms with Gasteiger partial charge >= 0.3 is 0 Å². The Morgan fingerprint density at radius 2 is 1.29 bits per heavy atom. The van der Waals surface area contributed by atoms with Crippen molar-refractivity contribution in [1.29, 1.82) is 0 Å². The van der Waals surface area contributed by atoms with Crippen LogP contribution < -0.4 is 0 Å². The van der Waals surface area contributed by atoms with Crippen LogP contribution in [0.2, 0.25) is 0 Å². The Balaban J connectivity index is 1.44. The first kappa shape index (κ1) is 13.3. The molecule has 0 aromatic carbocycles. The van der Waals surface area contributed by atoms with Gasteiger partial charge in [-0.2, -0.15) is 9.78 Å². The highest BCUT2D eigenvalue weighted by molar-refractivity contribution is 5.06. The van der Waals surface area contributed by atoms with E-state index >= 15 is 0 Å². The summed E-state index contributed by atoms with van der Waals surface area (Å²) in [6, 6.07) is 0. The Hall–Kier alpha value is -0.200. The second-order valence-electron chi connectivity index (χ2n) is 8.16. The predicted molar refractivity (Wildman–Crippen MR) is 71.6 cm³/mol. The Morgan fingerprint density at radius 1 is 0.714 bits per heavy atom. The second kappa shape index (κ2) is 4.20. The molecule has 4 bridgehead atoms. The number of ether oxygens (including phenoxy) is 1. The molecule has 5 heteroatoms. The minimum atomic E-state index is -0.938. The quantitative estimate of drug-likeness (QED) is 0.666. The largest absolute Gasteiger partial charge is 0.393 e. The van der Waals surface area contributed by atoms with Crippen LogP contribution in [0.1, 0.15) is 51.4 Å². The smallest absolute Gasteiger partial charge is 0.210 e. The molecule has 0 aromatic rings. The van der Waals surface area contributed by atoms with E-state index in [2.05, 4.69) is 0 Å². The maximum absolute atomic E-state index is 9.97. The number of aliphatic hydroxyl groups is 2. The zero-order valence-corrected chi connectivity index (χ0v) is 12.2. The number of hydrogen-bond donors (Lipinski definition) is 2. The van der Waals surface area contributed by atoms with E-state index < -0.39 is 23.8 Å². The van der Waals surface area contributed by atoms with Crippen molar-refractivity contribution < 1.29 is 24.7 Å². The van der Waals surface area contributed by atoms with Crippen LogP contribution >= 0.6 is 0 Å². The van der Waals surface area contributed by atoms with Gasteiger partial charge in [-0.25, -0.2) is 0 Å². The van der Waals surface area contributed by atoms with E-state index in [9.17, 15) is 10.2 Å². The van der Waals surface area contributed by atoms with E-state index in [0.29, 0.717) is 31.1 Å². The third-order valence-electron chi connectivity index (χ3n) is 6.58. The van der Waals surface area contributed by atoms with Crippen LogP contribution in [0.5, 0.6) is 0 Å². The van der Waals surface area contributed by atoms with Crippen molar-refractivity contribution in [3.05, 3.63) is 0 Å². The Morgan fingerprint density at radius 3 is 1.86 bits per heavy atom. The highest BCUT2D eigenvalue weighted by Gasteiger charge is 2.67. The van der Waals surface area contributed by atoms with Crippen molar-refractivity contribution in [2.24, 2.45) is 23.7 Å². The molecule has 118 valence electrons. The first-order valence-corrected chi connectivity index (χ1v) is 8.50. The normalized spacial score (nSPS) is 62.0. The van der Waals surface area contributed by atoms with E-state index in [1.807, 2.05) is 0 Å². The average molecular weight is 296 g/mol. The van der Waals surface area contributed by atoms with Crippen molar-refractivity contribution in [3.8, 4) is 0 Å². The Kier molecular flexibility index (Phi) is 2.65. The zero-order chi connectivity index (χ0) is 14.2. The van der Waals surface area contributed by atoms with Crippen LogP contribution in [-0.4, -0.2) is 34.0 Å². The summed E-state index contributed by atoms with van der Waals surface area (Å²) in [5.74, 6) is 0.971. The number of rotatable bonds is 0. The van der Waals surface area contributed by atoms with Crippen LogP contribution in [-0.2, 0) is 14.5 Å². The van der Waals surface area contributed by atoms with Crippen molar-refractivity contribution >= 4 is 0 Å². The van der Waals surface area contributed by atoms with Gasteiger partial charge in [-0.15, -0.1) is 0 Å². The summed E-state index contributed by atoms with van der Waals surface area (Å²) in [6.07, 6.45) is 6.14. The molecule has 0 amide bonds. The summed E-state index contributed by atoms with van der Waals surface area (Å²) in [4.78, 5) is 11.5. The first-order valence-electron chi connectivity index (χ1n) is 8.50. The number of aliphatic hydroxyl groups excluding tert-OH is 2. The lowest BCUT2D eigenvalue weighted by molar-refractivity contribution is -0.392. The van der Waals surface area contributed by atoms with Crippen molar-refractivity contribution in [2.45, 2.75) is 75.1 Å². The van der Waals surface area contributed by atoms with Gasteiger partial charge in [0, 0.05) is 24.7 Å². The molecule has 5 aliphatic carbocycles. The van der Waals surface area contributed by atoms with E-state index in [0.717, 1.165) is 11.8 Å². The lowest BCUT2D eigenvalue weighted by atomic mass is 9.53. The lowest BCUT2D eigenvalue weighted by Gasteiger charge is -2.57. The van der Waals surface area contributed by atoms with Gasteiger partial charge in [-0.1, -0.05) is 0 Å². The maximum Gasteiger partial charge on any atom is 0.210 e. The standard InChI is InChI=1S/C16H24O5/c17-13-6-14(18)8-15(7-13)19-16(21-20-15)11-2-9-1-10(4-11)5-12(16)3-9/h9-14,17-18H,1-8H2/t9?,10?,11?,12?,13-,14?,15?,16?/m1/s1. The van der Waals surface area contributed by atoms with Gasteiger partial charge in [0.25, 0.3) is 0 Å². The molecule has 21 heavy (non-hydrogen) atoms. The Labute approximate surface area is 124 Å². The average Bonchev–Trinajstić information content (AvgIpc) is 2.74. The SMILES string of the molecule is OC1C[C@@H](O)CC2(C1)OOC1(O2)C2CC3CC(C2)CC1C3. The van der Waals surface area contributed by atoms with Gasteiger partial charge in [0.1, 0.15) is 0 Å². The van der Waals surface area contributed by atoms with Crippen LogP contribution in [0.25, 0.3) is 0 Å². The molecular weight excluding hydrogens is 272 g/mol. The van der Waals surface area contributed by atoms with E-state index in [1.165, 1.54) is 32.1 Å². The highest BCUT2D eigenvalue weighted by atomic mass is 17.3. The van der Waals surface area contributed by atoms with E-state index in [1.54, 1.807) is 0 Å². The topological polar surface area (TPSA) is 68.2 Å². The fraction of sp³-hybridized carbons (Fsp3) is 1.00. The van der Waals surface area contributed by atoms with Gasteiger partial charge in [-0.05, 0) is 50.4 Å². The molecule has 0 aromatic heterocycles. The molecule has 5 nitrogen and oxygen atoms in total. The number of hydrogen-bond acceptors (Lipinski definition) is 5. The van der Waals surface area contributed by atoms with Crippen LogP contribution in [0, 0.1) is 23.7 Å². The monoisotopic (exact) mass is 296 g/mol. The third kappa shape index (κ3) is 1.81. The first-order chi connectivity index (χ1) is 10.1. The fourth-order valence-corrected chi connectivity index (χ4v) is 6.04. The van der Waals surface area contributed by atoms with Gasteiger partial charge < -0.3 is 14.9 Å². The van der Waals surface area contributed by atoms with Gasteiger partial charge in [0.15, 0.2) is 0 Å². The molecule has 6 rings (SSSR count). The highest BCUT2D eigenvalue weighted by Crippen LogP contribution is 2.63. The molecule has 1 aliphatic heterocycles. The second-order valence-corrected chi connectivity index (χ2v) is 8.16. The fourth-order valence-electron chi connectivity index (χ4n) is 6.04. The van der Waals surface area contributed by atoms with Crippen molar-refractivity contribution in [2.75, 3.05) is 0 Å². The van der Waals surface area contributed by atoms with Crippen molar-refractivity contribution in [1.82, 2.24) is 0 Å². The van der Waals surface area contributed by atoms with Crippen LogP contribution in [0.15, 0.2) is 0 Å². The minimum absolute atomic E-state index is 0.401. The molecule has 6 aliphatic rings. The summed E-state index contributed by atoms with van der Waals surface area (Å²) in [5, 5.41) is 19.9. The molecule has 5 saturated carbocycles. The van der Waals surface area contributed by atoms with Crippen LogP contribution in [0.3, 0.4) is 0 Å². The Bertz CT molecular complexity index is 412. The summed E-state index contributed by atoms with van der Waals surface area (Å²) < 4.78 is 6.43. The van der Waals surface area contributed by atoms with E-state index in [4.69, 9.17) is 14.5 Å². The molecule has 3 atom stereocenters. The summed E-state index contributed by atoms with van der Waals surface area (Å²) >= 11 is 0. The summed E-state index contributed by atoms with van der Waals surface area (Å²) in [6.45, 7) is 0. The molecule has 6 fully saturated rings. The molecule has 2 unspecified atom stereocenters. The molecule has 1 heterocycles. The molecular formula is C16H24O5. The van der Waals surface area contributed by atoms with E-state index in [-0.39, 0.29) is 0 Å². The van der Waals surface area contributed by atoms with Crippen LogP contribution in [0.4, 0.5) is 0 Å². The van der Waals surface area contributed by atoms with Gasteiger partial charge in [0.05, 0.1) is 12.2 Å². The molecule has 1 saturated heterocycles. The molecule has 2 spiro atoms. The summed E-state index contributed by atoms with van der Waals surface area (Å²) in [7, 11) is 0. The third-order valence-corrected chi connectivity index (χ3v) is 6.58. The van der Waals surface area contributed by atoms with Gasteiger partial charge in [0.2, 0.25) is 11.6 Å². The van der Waals surface area contributed by atoms with Gasteiger partial charge in [-0.3, -0.25) is 0 Å². The van der Waals surface area contributed by atoms with Crippen molar-refractivity contribution in [3.63, 3.8) is 0 Å². The predicted octanol–water partition coefficient (Wildman–Crippen LogP) is 1.72. The molecule has 0 radical (unpaired) electrons. The maximum atomic E-state index is 9.97. The summed E-state index contributed by atoms with van der Waals surface area (Å²) in [5.41, 5.74) is 0. The minimum Gasteiger partial charge on any atom is -0.393 e. The lowest BCUT2D eigenvalue weighted by Crippen LogP contribution is -2.59. The molecule has 2 N–H and O–H groups in total.